The number of rotatable bonds is 5. The van der Waals surface area contributed by atoms with Crippen molar-refractivity contribution in [1.29, 1.82) is 0 Å². The smallest absolute Gasteiger partial charge is 0.246 e. The number of carbonyl (C=O) groups is 1. The second kappa shape index (κ2) is 6.89. The topological polar surface area (TPSA) is 94.0 Å². The van der Waals surface area contributed by atoms with Crippen LogP contribution in [0.2, 0.25) is 0 Å². The third-order valence-electron chi connectivity index (χ3n) is 3.80. The average molecular weight is 323 g/mol. The normalized spacial score (nSPS) is 15.5. The van der Waals surface area contributed by atoms with Gasteiger partial charge in [0.2, 0.25) is 11.8 Å². The molecule has 1 saturated carbocycles. The van der Waals surface area contributed by atoms with Gasteiger partial charge in [-0.05, 0) is 24.8 Å². The van der Waals surface area contributed by atoms with Crippen molar-refractivity contribution >= 4 is 18.3 Å². The van der Waals surface area contributed by atoms with E-state index in [0.29, 0.717) is 18.1 Å². The van der Waals surface area contributed by atoms with Crippen LogP contribution >= 0.6 is 12.4 Å². The molecule has 1 aliphatic carbocycles. The molecule has 3 rings (SSSR count). The molecule has 0 aliphatic heterocycles. The Balaban J connectivity index is 0.00000176. The van der Waals surface area contributed by atoms with Crippen molar-refractivity contribution in [3.63, 3.8) is 0 Å². The number of hydrogen-bond donors (Lipinski definition) is 2. The summed E-state index contributed by atoms with van der Waals surface area (Å²) in [5, 5.41) is 6.68. The Labute approximate surface area is 134 Å². The highest BCUT2D eigenvalue weighted by Gasteiger charge is 2.38. The van der Waals surface area contributed by atoms with E-state index in [1.165, 1.54) is 0 Å². The van der Waals surface area contributed by atoms with Gasteiger partial charge in [0.25, 0.3) is 0 Å². The first kappa shape index (κ1) is 16.5. The van der Waals surface area contributed by atoms with Gasteiger partial charge in [-0.15, -0.1) is 12.4 Å². The van der Waals surface area contributed by atoms with Gasteiger partial charge < -0.3 is 15.6 Å². The maximum Gasteiger partial charge on any atom is 0.246 e. The third kappa shape index (κ3) is 3.64. The van der Waals surface area contributed by atoms with Crippen molar-refractivity contribution in [2.75, 3.05) is 0 Å². The summed E-state index contributed by atoms with van der Waals surface area (Å²) in [5.41, 5.74) is 6.66. The number of nitrogens with one attached hydrogen (secondary N) is 1. The predicted molar refractivity (Wildman–Crippen MR) is 83.3 cm³/mol. The van der Waals surface area contributed by atoms with Crippen LogP contribution < -0.4 is 11.1 Å². The molecule has 1 amide bonds. The van der Waals surface area contributed by atoms with Gasteiger partial charge in [-0.3, -0.25) is 4.79 Å². The summed E-state index contributed by atoms with van der Waals surface area (Å²) in [6.07, 6.45) is 3.19. The Morgan fingerprint density at radius 1 is 1.32 bits per heavy atom. The fourth-order valence-corrected chi connectivity index (χ4v) is 2.33. The van der Waals surface area contributed by atoms with Gasteiger partial charge in [0.15, 0.2) is 5.82 Å². The number of nitrogens with zero attached hydrogens (tertiary/aromatic N) is 2. The zero-order chi connectivity index (χ0) is 14.7. The van der Waals surface area contributed by atoms with Crippen LogP contribution in [0.3, 0.4) is 0 Å². The molecule has 1 heterocycles. The molecular weight excluding hydrogens is 304 g/mol. The van der Waals surface area contributed by atoms with E-state index in [1.807, 2.05) is 30.3 Å². The summed E-state index contributed by atoms with van der Waals surface area (Å²) >= 11 is 0. The molecule has 118 valence electrons. The van der Waals surface area contributed by atoms with Gasteiger partial charge in [0.1, 0.15) is 0 Å². The Hall–Kier alpha value is -1.92. The molecule has 0 saturated heterocycles. The third-order valence-corrected chi connectivity index (χ3v) is 3.80. The Kier molecular flexibility index (Phi) is 5.15. The van der Waals surface area contributed by atoms with E-state index in [-0.39, 0.29) is 24.9 Å². The molecule has 0 radical (unpaired) electrons. The zero-order valence-electron chi connectivity index (χ0n) is 12.1. The lowest BCUT2D eigenvalue weighted by Crippen LogP contribution is -2.44. The summed E-state index contributed by atoms with van der Waals surface area (Å²) < 4.78 is 5.13. The number of hydrogen-bond acceptors (Lipinski definition) is 5. The largest absolute Gasteiger partial charge is 0.347 e. The highest BCUT2D eigenvalue weighted by Crippen LogP contribution is 2.36. The van der Waals surface area contributed by atoms with Crippen molar-refractivity contribution in [1.82, 2.24) is 15.5 Å². The van der Waals surface area contributed by atoms with E-state index in [0.717, 1.165) is 24.8 Å². The van der Waals surface area contributed by atoms with E-state index in [2.05, 4.69) is 15.5 Å². The molecular formula is C15H19ClN4O2. The van der Waals surface area contributed by atoms with E-state index in [4.69, 9.17) is 10.3 Å². The molecule has 0 spiro atoms. The standard InChI is InChI=1S/C15H18N4O2.ClH/c16-15(7-4-8-15)14-18-13(21-19-14)10-17-12(20)9-11-5-2-1-3-6-11;/h1-3,5-6H,4,7-10,16H2,(H,17,20);1H. The van der Waals surface area contributed by atoms with Gasteiger partial charge in [-0.2, -0.15) is 4.98 Å². The zero-order valence-corrected chi connectivity index (χ0v) is 12.9. The minimum absolute atomic E-state index is 0. The number of benzene rings is 1. The van der Waals surface area contributed by atoms with Crippen LogP contribution in [0.25, 0.3) is 0 Å². The average Bonchev–Trinajstić information content (AvgIpc) is 2.93. The minimum Gasteiger partial charge on any atom is -0.347 e. The number of carbonyl (C=O) groups excluding carboxylic acids is 1. The van der Waals surface area contributed by atoms with Crippen LogP contribution in [0, 0.1) is 0 Å². The fraction of sp³-hybridized carbons (Fsp3) is 0.400. The van der Waals surface area contributed by atoms with E-state index < -0.39 is 5.54 Å². The molecule has 2 aromatic rings. The van der Waals surface area contributed by atoms with Crippen molar-refractivity contribution < 1.29 is 9.32 Å². The number of nitrogens with two attached hydrogens (primary N) is 1. The first-order valence-electron chi connectivity index (χ1n) is 7.08. The molecule has 0 unspecified atom stereocenters. The summed E-state index contributed by atoms with van der Waals surface area (Å²) in [5.74, 6) is 0.858. The molecule has 0 atom stereocenters. The Bertz CT molecular complexity index is 625. The second-order valence-corrected chi connectivity index (χ2v) is 5.46. The van der Waals surface area contributed by atoms with Crippen LogP contribution in [0.5, 0.6) is 0 Å². The van der Waals surface area contributed by atoms with Crippen molar-refractivity contribution in [2.45, 2.75) is 37.8 Å². The molecule has 1 aromatic heterocycles. The SMILES string of the molecule is Cl.NC1(c2noc(CNC(=O)Cc3ccccc3)n2)CCC1. The summed E-state index contributed by atoms with van der Waals surface area (Å²) in [7, 11) is 0. The molecule has 6 nitrogen and oxygen atoms in total. The highest BCUT2D eigenvalue weighted by atomic mass is 35.5. The van der Waals surface area contributed by atoms with Crippen LogP contribution in [0.15, 0.2) is 34.9 Å². The van der Waals surface area contributed by atoms with E-state index in [9.17, 15) is 4.79 Å². The molecule has 3 N–H and O–H groups in total. The Morgan fingerprint density at radius 3 is 2.68 bits per heavy atom. The molecule has 7 heteroatoms. The summed E-state index contributed by atoms with van der Waals surface area (Å²) in [6, 6.07) is 9.57. The minimum atomic E-state index is -0.435. The first-order valence-corrected chi connectivity index (χ1v) is 7.08. The van der Waals surface area contributed by atoms with Gasteiger partial charge in [0, 0.05) is 0 Å². The molecule has 1 fully saturated rings. The number of halogens is 1. The monoisotopic (exact) mass is 322 g/mol. The lowest BCUT2D eigenvalue weighted by Gasteiger charge is -2.34. The maximum atomic E-state index is 11.8. The second-order valence-electron chi connectivity index (χ2n) is 5.46. The Morgan fingerprint density at radius 2 is 2.05 bits per heavy atom. The first-order chi connectivity index (χ1) is 10.2. The number of aromatic nitrogens is 2. The lowest BCUT2D eigenvalue weighted by molar-refractivity contribution is -0.120. The summed E-state index contributed by atoms with van der Waals surface area (Å²) in [6.45, 7) is 0.231. The number of amides is 1. The summed E-state index contributed by atoms with van der Waals surface area (Å²) in [4.78, 5) is 16.1. The maximum absolute atomic E-state index is 11.8. The van der Waals surface area contributed by atoms with Crippen molar-refractivity contribution in [3.8, 4) is 0 Å². The van der Waals surface area contributed by atoms with Gasteiger partial charge in [-0.25, -0.2) is 0 Å². The van der Waals surface area contributed by atoms with Crippen LogP contribution in [0.1, 0.15) is 36.5 Å². The lowest BCUT2D eigenvalue weighted by atomic mass is 9.77. The van der Waals surface area contributed by atoms with Crippen LogP contribution in [-0.4, -0.2) is 16.0 Å². The van der Waals surface area contributed by atoms with Crippen molar-refractivity contribution in [2.24, 2.45) is 5.73 Å². The van der Waals surface area contributed by atoms with E-state index in [1.54, 1.807) is 0 Å². The van der Waals surface area contributed by atoms with Crippen LogP contribution in [0.4, 0.5) is 0 Å². The molecule has 1 aliphatic rings. The van der Waals surface area contributed by atoms with Crippen molar-refractivity contribution in [3.05, 3.63) is 47.6 Å². The highest BCUT2D eigenvalue weighted by molar-refractivity contribution is 5.85. The molecule has 0 bridgehead atoms. The fourth-order valence-electron chi connectivity index (χ4n) is 2.33. The predicted octanol–water partition coefficient (Wildman–Crippen LogP) is 1.69. The van der Waals surface area contributed by atoms with Crippen LogP contribution in [-0.2, 0) is 23.3 Å². The van der Waals surface area contributed by atoms with Gasteiger partial charge in [0.05, 0.1) is 18.5 Å². The molecule has 22 heavy (non-hydrogen) atoms. The van der Waals surface area contributed by atoms with Gasteiger partial charge in [-0.1, -0.05) is 35.5 Å². The van der Waals surface area contributed by atoms with Gasteiger partial charge >= 0.3 is 0 Å². The van der Waals surface area contributed by atoms with E-state index >= 15 is 0 Å². The quantitative estimate of drug-likeness (QED) is 0.873. The molecule has 1 aromatic carbocycles.